The van der Waals surface area contributed by atoms with Gasteiger partial charge in [0.1, 0.15) is 10.8 Å². The minimum atomic E-state index is -0.252. The van der Waals surface area contributed by atoms with Gasteiger partial charge >= 0.3 is 0 Å². The third-order valence-electron chi connectivity index (χ3n) is 2.07. The first-order chi connectivity index (χ1) is 9.17. The Labute approximate surface area is 118 Å². The normalized spacial score (nSPS) is 10.6. The zero-order chi connectivity index (χ0) is 13.7. The van der Waals surface area contributed by atoms with E-state index in [9.17, 15) is 4.79 Å². The number of hydrogen-bond acceptors (Lipinski definition) is 8. The van der Waals surface area contributed by atoms with Crippen LogP contribution in [0.15, 0.2) is 16.0 Å². The molecule has 0 aliphatic rings. The zero-order valence-electron chi connectivity index (χ0n) is 10.3. The number of H-pyrrole nitrogens is 1. The van der Waals surface area contributed by atoms with E-state index in [1.54, 1.807) is 0 Å². The summed E-state index contributed by atoms with van der Waals surface area (Å²) in [6, 6.07) is 1.25. The molecule has 0 aliphatic heterocycles. The number of aromatic amines is 1. The summed E-state index contributed by atoms with van der Waals surface area (Å²) in [4.78, 5) is 17.9. The number of anilines is 2. The predicted octanol–water partition coefficient (Wildman–Crippen LogP) is 1.32. The monoisotopic (exact) mass is 298 g/mol. The average molecular weight is 298 g/mol. The van der Waals surface area contributed by atoms with Crippen molar-refractivity contribution in [1.82, 2.24) is 20.2 Å². The summed E-state index contributed by atoms with van der Waals surface area (Å²) in [7, 11) is 0. The molecule has 7 nitrogen and oxygen atoms in total. The number of nitrogens with zero attached hydrogens (tertiary/aromatic N) is 3. The summed E-state index contributed by atoms with van der Waals surface area (Å²) >= 11 is 2.87. The van der Waals surface area contributed by atoms with Crippen molar-refractivity contribution in [2.24, 2.45) is 0 Å². The lowest BCUT2D eigenvalue weighted by molar-refractivity contribution is 0.941. The summed E-state index contributed by atoms with van der Waals surface area (Å²) in [6.07, 6.45) is 1.04. The molecule has 0 fully saturated rings. The molecule has 2 rings (SSSR count). The first-order valence-corrected chi connectivity index (χ1v) is 7.53. The summed E-state index contributed by atoms with van der Waals surface area (Å²) in [5, 5.41) is 13.4. The van der Waals surface area contributed by atoms with Crippen molar-refractivity contribution >= 4 is 34.0 Å². The van der Waals surface area contributed by atoms with Gasteiger partial charge in [0.25, 0.3) is 5.56 Å². The fourth-order valence-electron chi connectivity index (χ4n) is 1.27. The number of nitrogens with one attached hydrogen (secondary N) is 2. The van der Waals surface area contributed by atoms with E-state index < -0.39 is 0 Å². The molecule has 4 N–H and O–H groups in total. The number of nitrogen functional groups attached to an aromatic ring is 1. The Balaban J connectivity index is 1.94. The van der Waals surface area contributed by atoms with Gasteiger partial charge in [0.2, 0.25) is 5.13 Å². The van der Waals surface area contributed by atoms with E-state index in [0.717, 1.165) is 23.1 Å². The van der Waals surface area contributed by atoms with Crippen LogP contribution < -0.4 is 16.6 Å². The van der Waals surface area contributed by atoms with Gasteiger partial charge in [-0.2, -0.15) is 0 Å². The van der Waals surface area contributed by atoms with Crippen LogP contribution in [0.1, 0.15) is 18.4 Å². The number of rotatable bonds is 6. The molecule has 0 amide bonds. The lowest BCUT2D eigenvalue weighted by Gasteiger charge is -1.98. The molecule has 0 saturated carbocycles. The SMILES string of the molecule is CCCNc1nnc(CSc2nc(N)cc(=O)[nH]2)s1. The van der Waals surface area contributed by atoms with E-state index in [1.165, 1.54) is 29.2 Å². The summed E-state index contributed by atoms with van der Waals surface area (Å²) in [6.45, 7) is 2.97. The zero-order valence-corrected chi connectivity index (χ0v) is 12.0. The highest BCUT2D eigenvalue weighted by Crippen LogP contribution is 2.23. The summed E-state index contributed by atoms with van der Waals surface area (Å²) in [5.74, 6) is 0.812. The molecule has 0 atom stereocenters. The Morgan fingerprint density at radius 2 is 2.37 bits per heavy atom. The highest BCUT2D eigenvalue weighted by atomic mass is 32.2. The van der Waals surface area contributed by atoms with E-state index in [1.807, 2.05) is 0 Å². The van der Waals surface area contributed by atoms with E-state index in [2.05, 4.69) is 32.4 Å². The van der Waals surface area contributed by atoms with E-state index in [4.69, 9.17) is 5.73 Å². The molecule has 2 heterocycles. The molecule has 9 heteroatoms. The fourth-order valence-corrected chi connectivity index (χ4v) is 2.90. The standard InChI is InChI=1S/C10H14N6OS2/c1-2-3-12-9-16-15-8(19-9)5-18-10-13-6(11)4-7(17)14-10/h4H,2-3,5H2,1H3,(H,12,16)(H3,11,13,14,17). The van der Waals surface area contributed by atoms with Crippen LogP contribution >= 0.6 is 23.1 Å². The smallest absolute Gasteiger partial charge is 0.253 e. The lowest BCUT2D eigenvalue weighted by atomic mass is 10.5. The minimum absolute atomic E-state index is 0.216. The van der Waals surface area contributed by atoms with Gasteiger partial charge in [-0.15, -0.1) is 10.2 Å². The van der Waals surface area contributed by atoms with Gasteiger partial charge in [-0.05, 0) is 6.42 Å². The van der Waals surface area contributed by atoms with Crippen LogP contribution in [0.4, 0.5) is 10.9 Å². The quantitative estimate of drug-likeness (QED) is 0.545. The molecular formula is C10H14N6OS2. The van der Waals surface area contributed by atoms with Crippen LogP contribution in [0, 0.1) is 0 Å². The Bertz CT molecular complexity index is 596. The highest BCUT2D eigenvalue weighted by molar-refractivity contribution is 7.98. The molecule has 19 heavy (non-hydrogen) atoms. The first-order valence-electron chi connectivity index (χ1n) is 5.73. The molecular weight excluding hydrogens is 284 g/mol. The van der Waals surface area contributed by atoms with Crippen LogP contribution in [0.2, 0.25) is 0 Å². The minimum Gasteiger partial charge on any atom is -0.383 e. The van der Waals surface area contributed by atoms with Gasteiger partial charge < -0.3 is 16.0 Å². The molecule has 0 aromatic carbocycles. The number of thioether (sulfide) groups is 1. The molecule has 102 valence electrons. The maximum absolute atomic E-state index is 11.2. The Morgan fingerprint density at radius 1 is 1.53 bits per heavy atom. The topological polar surface area (TPSA) is 110 Å². The van der Waals surface area contributed by atoms with Crippen LogP contribution in [0.3, 0.4) is 0 Å². The van der Waals surface area contributed by atoms with Gasteiger partial charge in [0, 0.05) is 12.6 Å². The van der Waals surface area contributed by atoms with Gasteiger partial charge in [-0.1, -0.05) is 30.0 Å². The largest absolute Gasteiger partial charge is 0.383 e. The Morgan fingerprint density at radius 3 is 3.11 bits per heavy atom. The fraction of sp³-hybridized carbons (Fsp3) is 0.400. The Hall–Kier alpha value is -1.61. The molecule has 0 bridgehead atoms. The summed E-state index contributed by atoms with van der Waals surface area (Å²) < 4.78 is 0. The molecule has 0 spiro atoms. The van der Waals surface area contributed by atoms with Gasteiger partial charge in [0.15, 0.2) is 5.16 Å². The van der Waals surface area contributed by atoms with Crippen molar-refractivity contribution in [2.75, 3.05) is 17.6 Å². The maximum Gasteiger partial charge on any atom is 0.253 e. The molecule has 0 radical (unpaired) electrons. The van der Waals surface area contributed by atoms with Crippen LogP contribution in [0.25, 0.3) is 0 Å². The number of aromatic nitrogens is 4. The molecule has 2 aromatic heterocycles. The molecule has 2 aromatic rings. The van der Waals surface area contributed by atoms with Crippen molar-refractivity contribution < 1.29 is 0 Å². The van der Waals surface area contributed by atoms with Crippen molar-refractivity contribution in [3.8, 4) is 0 Å². The van der Waals surface area contributed by atoms with Crippen molar-refractivity contribution in [3.63, 3.8) is 0 Å². The second-order valence-electron chi connectivity index (χ2n) is 3.69. The predicted molar refractivity (Wildman–Crippen MR) is 77.5 cm³/mol. The third-order valence-corrected chi connectivity index (χ3v) is 4.01. The van der Waals surface area contributed by atoms with Crippen LogP contribution in [0.5, 0.6) is 0 Å². The Kier molecular flexibility index (Phi) is 4.74. The van der Waals surface area contributed by atoms with E-state index in [-0.39, 0.29) is 11.4 Å². The van der Waals surface area contributed by atoms with E-state index in [0.29, 0.717) is 10.9 Å². The molecule has 0 saturated heterocycles. The van der Waals surface area contributed by atoms with Crippen LogP contribution in [-0.2, 0) is 5.75 Å². The highest BCUT2D eigenvalue weighted by Gasteiger charge is 2.06. The van der Waals surface area contributed by atoms with Crippen LogP contribution in [-0.4, -0.2) is 26.7 Å². The molecule has 0 unspecified atom stereocenters. The third kappa shape index (κ3) is 4.21. The second-order valence-corrected chi connectivity index (χ2v) is 5.72. The van der Waals surface area contributed by atoms with Gasteiger partial charge in [-0.25, -0.2) is 4.98 Å². The van der Waals surface area contributed by atoms with Gasteiger partial charge in [0.05, 0.1) is 5.75 Å². The second kappa shape index (κ2) is 6.53. The van der Waals surface area contributed by atoms with E-state index >= 15 is 0 Å². The summed E-state index contributed by atoms with van der Waals surface area (Å²) in [5.41, 5.74) is 5.26. The van der Waals surface area contributed by atoms with Gasteiger partial charge in [-0.3, -0.25) is 4.79 Å². The number of hydrogen-bond donors (Lipinski definition) is 3. The van der Waals surface area contributed by atoms with Crippen molar-refractivity contribution in [1.29, 1.82) is 0 Å². The first kappa shape index (κ1) is 13.8. The average Bonchev–Trinajstić information content (AvgIpc) is 2.81. The molecule has 0 aliphatic carbocycles. The van der Waals surface area contributed by atoms with Crippen molar-refractivity contribution in [2.45, 2.75) is 24.3 Å². The maximum atomic E-state index is 11.2. The van der Waals surface area contributed by atoms with Crippen molar-refractivity contribution in [3.05, 3.63) is 21.4 Å². The lowest BCUT2D eigenvalue weighted by Crippen LogP contribution is -2.09. The number of nitrogens with two attached hydrogens (primary N) is 1.